The monoisotopic (exact) mass is 171 g/mol. The van der Waals surface area contributed by atoms with E-state index in [1.165, 1.54) is 0 Å². The van der Waals surface area contributed by atoms with E-state index in [1.54, 1.807) is 12.4 Å². The number of hydrogen-bond acceptors (Lipinski definition) is 2. The first-order valence-electron chi connectivity index (χ1n) is 2.08. The molecule has 1 heterocycles. The minimum absolute atomic E-state index is 0.549. The van der Waals surface area contributed by atoms with Crippen molar-refractivity contribution in [3.8, 4) is 0 Å². The molecule has 0 radical (unpaired) electrons. The number of aromatic nitrogens is 2. The van der Waals surface area contributed by atoms with Gasteiger partial charge in [-0.15, -0.1) is 0 Å². The molecule has 0 saturated carbocycles. The van der Waals surface area contributed by atoms with Gasteiger partial charge in [-0.25, -0.2) is 0 Å². The summed E-state index contributed by atoms with van der Waals surface area (Å²) >= 11 is 3.19. The second-order valence-electron chi connectivity index (χ2n) is 1.32. The van der Waals surface area contributed by atoms with E-state index in [-0.39, 0.29) is 0 Å². The van der Waals surface area contributed by atoms with Crippen LogP contribution < -0.4 is 0 Å². The molecule has 0 fully saturated rings. The second kappa shape index (κ2) is 2.13. The van der Waals surface area contributed by atoms with Crippen molar-refractivity contribution in [1.82, 2.24) is 9.97 Å². The Bertz CT molecular complexity index is 149. The fourth-order valence-electron chi connectivity index (χ4n) is 0.339. The van der Waals surface area contributed by atoms with Crippen LogP contribution in [-0.2, 0) is 0 Å². The molecule has 0 saturated heterocycles. The van der Waals surface area contributed by atoms with Crippen LogP contribution in [0.2, 0.25) is 0 Å². The average Bonchev–Trinajstić information content (AvgIpc) is 1.77. The van der Waals surface area contributed by atoms with Gasteiger partial charge in [0.2, 0.25) is 0 Å². The van der Waals surface area contributed by atoms with E-state index < -0.39 is 0 Å². The summed E-state index contributed by atoms with van der Waals surface area (Å²) in [7, 11) is 0. The predicted octanol–water partition coefficient (Wildman–Crippen LogP) is 1.42. The summed E-state index contributed by atoms with van der Waals surface area (Å²) in [6.07, 6.45) is 3.32. The molecule has 1 aromatic rings. The molecule has 0 aliphatic heterocycles. The summed E-state index contributed by atoms with van der Waals surface area (Å²) in [5, 5.41) is 0. The Hall–Kier alpha value is -0.570. The molecule has 2 nitrogen and oxygen atoms in total. The number of nitrogens with zero attached hydrogens (tertiary/aromatic N) is 2. The van der Waals surface area contributed by atoms with Gasteiger partial charge in [-0.1, -0.05) is 0 Å². The third-order valence-corrected chi connectivity index (χ3v) is 1.08. The fourth-order valence-corrected chi connectivity index (χ4v) is 0.544. The SMILES string of the molecule is [CH2+]c1ncc(Br)cn1. The molecule has 0 aromatic carbocycles. The van der Waals surface area contributed by atoms with Crippen LogP contribution in [0.25, 0.3) is 0 Å². The first kappa shape index (κ1) is 5.56. The third kappa shape index (κ3) is 1.20. The molecule has 0 bridgehead atoms. The molecule has 0 aliphatic rings. The lowest BCUT2D eigenvalue weighted by Gasteiger charge is -1.81. The van der Waals surface area contributed by atoms with Gasteiger partial charge in [-0.2, -0.15) is 9.97 Å². The maximum atomic E-state index is 3.81. The van der Waals surface area contributed by atoms with Gasteiger partial charge in [0, 0.05) is 12.4 Å². The lowest BCUT2D eigenvalue weighted by Crippen LogP contribution is -1.82. The maximum Gasteiger partial charge on any atom is 0.315 e. The molecule has 3 heteroatoms. The number of halogens is 1. The highest BCUT2D eigenvalue weighted by Crippen LogP contribution is 2.02. The van der Waals surface area contributed by atoms with Crippen LogP contribution in [0.1, 0.15) is 5.82 Å². The highest BCUT2D eigenvalue weighted by molar-refractivity contribution is 9.10. The Morgan fingerprint density at radius 3 is 2.25 bits per heavy atom. The van der Waals surface area contributed by atoms with Crippen LogP contribution in [0.3, 0.4) is 0 Å². The number of rotatable bonds is 0. The van der Waals surface area contributed by atoms with Crippen molar-refractivity contribution in [2.24, 2.45) is 0 Å². The van der Waals surface area contributed by atoms with Crippen LogP contribution in [0.15, 0.2) is 16.9 Å². The molecule has 0 N–H and O–H groups in total. The van der Waals surface area contributed by atoms with Crippen molar-refractivity contribution in [2.75, 3.05) is 0 Å². The molecular weight excluding hydrogens is 168 g/mol. The zero-order chi connectivity index (χ0) is 5.98. The van der Waals surface area contributed by atoms with Crippen LogP contribution in [0, 0.1) is 6.92 Å². The normalized spacial score (nSPS) is 9.12. The Labute approximate surface area is 56.1 Å². The smallest absolute Gasteiger partial charge is 0.196 e. The van der Waals surface area contributed by atoms with Crippen LogP contribution >= 0.6 is 15.9 Å². The van der Waals surface area contributed by atoms with Crippen molar-refractivity contribution < 1.29 is 0 Å². The van der Waals surface area contributed by atoms with Crippen molar-refractivity contribution in [1.29, 1.82) is 0 Å². The van der Waals surface area contributed by atoms with Crippen molar-refractivity contribution in [3.05, 3.63) is 29.6 Å². The highest BCUT2D eigenvalue weighted by Gasteiger charge is 1.90. The van der Waals surface area contributed by atoms with E-state index in [0.29, 0.717) is 5.82 Å². The predicted molar refractivity (Wildman–Crippen MR) is 34.2 cm³/mol. The lowest BCUT2D eigenvalue weighted by atomic mass is 10.6. The summed E-state index contributed by atoms with van der Waals surface area (Å²) in [5.41, 5.74) is 0. The van der Waals surface area contributed by atoms with Crippen molar-refractivity contribution >= 4 is 15.9 Å². The lowest BCUT2D eigenvalue weighted by molar-refractivity contribution is 1.10. The van der Waals surface area contributed by atoms with Gasteiger partial charge in [-0.3, -0.25) is 0 Å². The van der Waals surface area contributed by atoms with Gasteiger partial charge < -0.3 is 0 Å². The van der Waals surface area contributed by atoms with Gasteiger partial charge in [0.05, 0.1) is 4.47 Å². The first-order chi connectivity index (χ1) is 3.79. The van der Waals surface area contributed by atoms with Crippen molar-refractivity contribution in [2.45, 2.75) is 0 Å². The van der Waals surface area contributed by atoms with E-state index in [9.17, 15) is 0 Å². The topological polar surface area (TPSA) is 25.8 Å². The summed E-state index contributed by atoms with van der Waals surface area (Å²) in [6, 6.07) is 0. The molecule has 0 aliphatic carbocycles. The van der Waals surface area contributed by atoms with Gasteiger partial charge >= 0.3 is 5.82 Å². The summed E-state index contributed by atoms with van der Waals surface area (Å²) in [6.45, 7) is 3.52. The zero-order valence-corrected chi connectivity index (χ0v) is 5.72. The van der Waals surface area contributed by atoms with Gasteiger partial charge in [0.25, 0.3) is 0 Å². The van der Waals surface area contributed by atoms with E-state index in [4.69, 9.17) is 0 Å². The first-order valence-corrected chi connectivity index (χ1v) is 2.88. The largest absolute Gasteiger partial charge is 0.315 e. The Morgan fingerprint density at radius 2 is 1.88 bits per heavy atom. The molecule has 0 spiro atoms. The Morgan fingerprint density at radius 1 is 1.38 bits per heavy atom. The Kier molecular flexibility index (Phi) is 1.48. The standard InChI is InChI=1S/C5H4BrN2/c1-4-7-2-5(6)3-8-4/h2-3H,1H2/q+1. The van der Waals surface area contributed by atoms with E-state index in [0.717, 1.165) is 4.47 Å². The van der Waals surface area contributed by atoms with Gasteiger partial charge in [0.15, 0.2) is 0 Å². The van der Waals surface area contributed by atoms with E-state index in [2.05, 4.69) is 32.8 Å². The van der Waals surface area contributed by atoms with Crippen LogP contribution in [-0.4, -0.2) is 9.97 Å². The third-order valence-electron chi connectivity index (χ3n) is 0.674. The highest BCUT2D eigenvalue weighted by atomic mass is 79.9. The van der Waals surface area contributed by atoms with Crippen LogP contribution in [0.5, 0.6) is 0 Å². The number of hydrogen-bond donors (Lipinski definition) is 0. The van der Waals surface area contributed by atoms with Gasteiger partial charge in [0.1, 0.15) is 6.92 Å². The summed E-state index contributed by atoms with van der Waals surface area (Å²) in [5.74, 6) is 0.549. The fraction of sp³-hybridized carbons (Fsp3) is 0. The summed E-state index contributed by atoms with van der Waals surface area (Å²) < 4.78 is 0.880. The molecule has 0 atom stereocenters. The molecule has 0 amide bonds. The molecular formula is C5H4BrN2+. The zero-order valence-electron chi connectivity index (χ0n) is 4.13. The van der Waals surface area contributed by atoms with E-state index >= 15 is 0 Å². The second-order valence-corrected chi connectivity index (χ2v) is 2.23. The summed E-state index contributed by atoms with van der Waals surface area (Å²) in [4.78, 5) is 7.62. The Balaban J connectivity index is 3.03. The van der Waals surface area contributed by atoms with E-state index in [1.807, 2.05) is 0 Å². The van der Waals surface area contributed by atoms with Crippen molar-refractivity contribution in [3.63, 3.8) is 0 Å². The quantitative estimate of drug-likeness (QED) is 0.553. The van der Waals surface area contributed by atoms with Crippen LogP contribution in [0.4, 0.5) is 0 Å². The molecule has 1 rings (SSSR count). The molecule has 0 unspecified atom stereocenters. The average molecular weight is 172 g/mol. The molecule has 1 aromatic heterocycles. The maximum absolute atomic E-state index is 3.81. The molecule has 40 valence electrons. The van der Waals surface area contributed by atoms with Gasteiger partial charge in [-0.05, 0) is 15.9 Å². The molecule has 8 heavy (non-hydrogen) atoms. The minimum atomic E-state index is 0.549. The minimum Gasteiger partial charge on any atom is -0.196 e.